The van der Waals surface area contributed by atoms with Gasteiger partial charge in [-0.2, -0.15) is 0 Å². The molecule has 0 bridgehead atoms. The van der Waals surface area contributed by atoms with Crippen molar-refractivity contribution in [3.05, 3.63) is 0 Å². The lowest BCUT2D eigenvalue weighted by atomic mass is 10.0. The number of ether oxygens (including phenoxy) is 1. The van der Waals surface area contributed by atoms with Gasteiger partial charge in [-0.25, -0.2) is 8.42 Å². The van der Waals surface area contributed by atoms with Crippen LogP contribution in [0.5, 0.6) is 0 Å². The molecule has 1 aliphatic heterocycles. The summed E-state index contributed by atoms with van der Waals surface area (Å²) in [5.74, 6) is 0.765. The maximum absolute atomic E-state index is 11.4. The molecule has 6 heteroatoms. The second-order valence-electron chi connectivity index (χ2n) is 8.03. The lowest BCUT2D eigenvalue weighted by Gasteiger charge is -2.12. The molecule has 1 fully saturated rings. The number of hydrogen-bond acceptors (Lipinski definition) is 4. The van der Waals surface area contributed by atoms with Crippen LogP contribution in [0.3, 0.4) is 0 Å². The standard InChI is InChI=1S/C21H41NO3S2/c1-2-3-4-5-6-7-8-9-10-11-12-13-14-16-25-21(26)22-18-20-15-17-27(23,24)19-20/h20H,2-19H2,1H3,(H,22,26). The minimum absolute atomic E-state index is 0.174. The molecule has 0 saturated carbocycles. The van der Waals surface area contributed by atoms with Gasteiger partial charge in [-0.05, 0) is 31.0 Å². The second kappa shape index (κ2) is 15.5. The molecule has 1 aliphatic rings. The van der Waals surface area contributed by atoms with Crippen LogP contribution in [0.2, 0.25) is 0 Å². The Morgan fingerprint density at radius 3 is 1.93 bits per heavy atom. The van der Waals surface area contributed by atoms with E-state index in [9.17, 15) is 8.42 Å². The van der Waals surface area contributed by atoms with Crippen LogP contribution in [0.4, 0.5) is 0 Å². The molecule has 0 aromatic heterocycles. The van der Waals surface area contributed by atoms with E-state index in [1.807, 2.05) is 0 Å². The number of sulfone groups is 1. The molecular formula is C21H41NO3S2. The van der Waals surface area contributed by atoms with E-state index in [2.05, 4.69) is 12.2 Å². The SMILES string of the molecule is CCCCCCCCCCCCCCCOC(=S)NCC1CCS(=O)(=O)C1. The fourth-order valence-electron chi connectivity index (χ4n) is 3.60. The fourth-order valence-corrected chi connectivity index (χ4v) is 5.62. The van der Waals surface area contributed by atoms with Crippen molar-refractivity contribution < 1.29 is 13.2 Å². The second-order valence-corrected chi connectivity index (χ2v) is 10.6. The van der Waals surface area contributed by atoms with E-state index in [4.69, 9.17) is 17.0 Å². The fraction of sp³-hybridized carbons (Fsp3) is 0.952. The molecule has 1 unspecified atom stereocenters. The third kappa shape index (κ3) is 14.3. The van der Waals surface area contributed by atoms with Gasteiger partial charge in [0.2, 0.25) is 0 Å². The summed E-state index contributed by atoms with van der Waals surface area (Å²) in [6.07, 6.45) is 18.1. The van der Waals surface area contributed by atoms with E-state index in [-0.39, 0.29) is 11.7 Å². The van der Waals surface area contributed by atoms with Crippen molar-refractivity contribution in [3.63, 3.8) is 0 Å². The number of nitrogens with one attached hydrogen (secondary N) is 1. The first-order valence-corrected chi connectivity index (χ1v) is 13.4. The molecule has 0 spiro atoms. The van der Waals surface area contributed by atoms with Crippen molar-refractivity contribution in [2.75, 3.05) is 24.7 Å². The predicted octanol–water partition coefficient (Wildman–Crippen LogP) is 5.40. The van der Waals surface area contributed by atoms with Crippen molar-refractivity contribution in [2.45, 2.75) is 96.8 Å². The van der Waals surface area contributed by atoms with Gasteiger partial charge in [0.05, 0.1) is 18.1 Å². The van der Waals surface area contributed by atoms with Crippen LogP contribution in [-0.4, -0.2) is 38.2 Å². The maximum atomic E-state index is 11.4. The minimum Gasteiger partial charge on any atom is -0.471 e. The highest BCUT2D eigenvalue weighted by Crippen LogP contribution is 2.17. The highest BCUT2D eigenvalue weighted by Gasteiger charge is 2.27. The first-order chi connectivity index (χ1) is 13.0. The third-order valence-corrected chi connectivity index (χ3v) is 7.44. The molecule has 0 aromatic carbocycles. The monoisotopic (exact) mass is 419 g/mol. The summed E-state index contributed by atoms with van der Waals surface area (Å²) in [6, 6.07) is 0. The molecule has 160 valence electrons. The number of hydrogen-bond donors (Lipinski definition) is 1. The van der Waals surface area contributed by atoms with E-state index < -0.39 is 9.84 Å². The van der Waals surface area contributed by atoms with Gasteiger partial charge in [-0.3, -0.25) is 0 Å². The van der Waals surface area contributed by atoms with Crippen LogP contribution in [-0.2, 0) is 14.6 Å². The van der Waals surface area contributed by atoms with E-state index in [1.54, 1.807) is 0 Å². The van der Waals surface area contributed by atoms with Crippen molar-refractivity contribution >= 4 is 27.2 Å². The van der Waals surface area contributed by atoms with Gasteiger partial charge in [0.25, 0.3) is 5.17 Å². The maximum Gasteiger partial charge on any atom is 0.256 e. The number of thiocarbonyl (C=S) groups is 1. The quantitative estimate of drug-likeness (QED) is 0.268. The summed E-state index contributed by atoms with van der Waals surface area (Å²) in [5.41, 5.74) is 0. The Hall–Kier alpha value is -0.360. The molecule has 1 heterocycles. The Balaban J connectivity index is 1.79. The van der Waals surface area contributed by atoms with Gasteiger partial charge < -0.3 is 10.1 Å². The molecule has 1 N–H and O–H groups in total. The summed E-state index contributed by atoms with van der Waals surface area (Å²) >= 11 is 5.16. The van der Waals surface area contributed by atoms with Crippen molar-refractivity contribution in [2.24, 2.45) is 5.92 Å². The van der Waals surface area contributed by atoms with Crippen LogP contribution in [0.15, 0.2) is 0 Å². The topological polar surface area (TPSA) is 55.4 Å². The highest BCUT2D eigenvalue weighted by molar-refractivity contribution is 7.91. The van der Waals surface area contributed by atoms with E-state index in [1.165, 1.54) is 77.0 Å². The molecule has 4 nitrogen and oxygen atoms in total. The molecule has 0 amide bonds. The highest BCUT2D eigenvalue weighted by atomic mass is 32.2. The van der Waals surface area contributed by atoms with Gasteiger partial charge in [-0.15, -0.1) is 0 Å². The minimum atomic E-state index is -2.81. The molecule has 0 aliphatic carbocycles. The van der Waals surface area contributed by atoms with E-state index in [0.717, 1.165) is 12.8 Å². The Labute approximate surface area is 173 Å². The molecule has 1 rings (SSSR count). The molecule has 0 aromatic rings. The van der Waals surface area contributed by atoms with Gasteiger partial charge in [0, 0.05) is 6.54 Å². The summed E-state index contributed by atoms with van der Waals surface area (Å²) in [7, 11) is -2.81. The Bertz CT molecular complexity index is 480. The number of rotatable bonds is 16. The first-order valence-electron chi connectivity index (χ1n) is 11.1. The van der Waals surface area contributed by atoms with Gasteiger partial charge in [0.1, 0.15) is 0 Å². The Morgan fingerprint density at radius 2 is 1.44 bits per heavy atom. The van der Waals surface area contributed by atoms with Gasteiger partial charge >= 0.3 is 0 Å². The zero-order chi connectivity index (χ0) is 19.8. The van der Waals surface area contributed by atoms with E-state index >= 15 is 0 Å². The van der Waals surface area contributed by atoms with Crippen LogP contribution in [0.25, 0.3) is 0 Å². The average Bonchev–Trinajstić information content (AvgIpc) is 2.99. The first kappa shape index (κ1) is 24.7. The molecule has 1 atom stereocenters. The van der Waals surface area contributed by atoms with Crippen molar-refractivity contribution in [3.8, 4) is 0 Å². The number of unbranched alkanes of at least 4 members (excludes halogenated alkanes) is 12. The van der Waals surface area contributed by atoms with Crippen molar-refractivity contribution in [1.82, 2.24) is 5.32 Å². The smallest absolute Gasteiger partial charge is 0.256 e. The normalized spacial score (nSPS) is 18.5. The zero-order valence-corrected chi connectivity index (χ0v) is 19.0. The Morgan fingerprint density at radius 1 is 0.926 bits per heavy atom. The summed E-state index contributed by atoms with van der Waals surface area (Å²) in [4.78, 5) is 0. The van der Waals surface area contributed by atoms with Crippen LogP contribution < -0.4 is 5.32 Å². The van der Waals surface area contributed by atoms with Gasteiger partial charge in [0.15, 0.2) is 9.84 Å². The summed E-state index contributed by atoms with van der Waals surface area (Å²) < 4.78 is 28.4. The lowest BCUT2D eigenvalue weighted by Crippen LogP contribution is -2.30. The average molecular weight is 420 g/mol. The zero-order valence-electron chi connectivity index (χ0n) is 17.3. The molecule has 1 saturated heterocycles. The molecular weight excluding hydrogens is 378 g/mol. The summed E-state index contributed by atoms with van der Waals surface area (Å²) in [5, 5.41) is 3.47. The largest absolute Gasteiger partial charge is 0.471 e. The molecule has 0 radical (unpaired) electrons. The third-order valence-electron chi connectivity index (χ3n) is 5.34. The molecule has 27 heavy (non-hydrogen) atoms. The van der Waals surface area contributed by atoms with Crippen LogP contribution in [0.1, 0.15) is 96.8 Å². The Kier molecular flexibility index (Phi) is 14.2. The van der Waals surface area contributed by atoms with Crippen molar-refractivity contribution in [1.29, 1.82) is 0 Å². The lowest BCUT2D eigenvalue weighted by molar-refractivity contribution is 0.284. The summed E-state index contributed by atoms with van der Waals surface area (Å²) in [6.45, 7) is 3.54. The van der Waals surface area contributed by atoms with Crippen LogP contribution in [0, 0.1) is 5.92 Å². The van der Waals surface area contributed by atoms with Crippen LogP contribution >= 0.6 is 12.2 Å². The van der Waals surface area contributed by atoms with E-state index in [0.29, 0.717) is 24.1 Å². The van der Waals surface area contributed by atoms with Gasteiger partial charge in [-0.1, -0.05) is 84.0 Å². The predicted molar refractivity (Wildman–Crippen MR) is 119 cm³/mol.